The van der Waals surface area contributed by atoms with Gasteiger partial charge in [-0.2, -0.15) is 4.57 Å². The first-order valence-corrected chi connectivity index (χ1v) is 18.8. The van der Waals surface area contributed by atoms with Gasteiger partial charge in [0.05, 0.1) is 25.1 Å². The number of aliphatic hydroxyl groups excluding tert-OH is 3. The second kappa shape index (κ2) is 14.7. The Morgan fingerprint density at radius 3 is 2.43 bits per heavy atom. The molecule has 3 aromatic rings. The molecule has 10 N–H and O–H groups in total. The number of nitrogen functional groups attached to an aromatic ring is 1. The van der Waals surface area contributed by atoms with E-state index in [1.165, 1.54) is 29.1 Å². The first-order chi connectivity index (χ1) is 22.9. The molecule has 3 aromatic heterocycles. The van der Waals surface area contributed by atoms with E-state index in [-0.39, 0.29) is 22.5 Å². The molecule has 0 spiro atoms. The number of ether oxygens (including phenoxy) is 2. The highest BCUT2D eigenvalue weighted by molar-refractivity contribution is 8.12. The van der Waals surface area contributed by atoms with E-state index in [2.05, 4.69) is 32.8 Å². The van der Waals surface area contributed by atoms with Gasteiger partial charge in [-0.1, -0.05) is 0 Å². The van der Waals surface area contributed by atoms with Crippen LogP contribution in [0.1, 0.15) is 22.8 Å². The van der Waals surface area contributed by atoms with E-state index in [1.807, 2.05) is 0 Å². The van der Waals surface area contributed by atoms with Crippen LogP contribution in [0.2, 0.25) is 0 Å². The zero-order valence-corrected chi connectivity index (χ0v) is 27.8. The number of carbonyl (C=O) groups excluding carboxylic acids is 1. The summed E-state index contributed by atoms with van der Waals surface area (Å²) in [4.78, 5) is 64.9. The maximum absolute atomic E-state index is 12.5. The highest BCUT2D eigenvalue weighted by atomic mass is 32.2. The molecule has 28 heteroatoms. The Hall–Kier alpha value is -2.35. The molecule has 0 saturated carbocycles. The van der Waals surface area contributed by atoms with Gasteiger partial charge < -0.3 is 54.6 Å². The van der Waals surface area contributed by atoms with Crippen LogP contribution < -0.4 is 20.3 Å². The molecule has 0 radical (unpaired) electrons. The smallest absolute Gasteiger partial charge is 0.478 e. The van der Waals surface area contributed by atoms with Gasteiger partial charge in [0.2, 0.25) is 5.12 Å². The maximum Gasteiger partial charge on any atom is 0.478 e. The molecule has 0 amide bonds. The average Bonchev–Trinajstić information content (AvgIpc) is 3.68. The predicted octanol–water partition coefficient (Wildman–Crippen LogP) is -2.88. The molecule has 0 aliphatic carbocycles. The van der Waals surface area contributed by atoms with Crippen LogP contribution in [0.15, 0.2) is 37.2 Å². The molecule has 2 aliphatic heterocycles. The third-order valence-electron chi connectivity index (χ3n) is 7.03. The Bertz CT molecular complexity index is 1830. The minimum absolute atomic E-state index is 0.00528. The summed E-state index contributed by atoms with van der Waals surface area (Å²) in [6.07, 6.45) is -8.51. The Kier molecular flexibility index (Phi) is 11.4. The first kappa shape index (κ1) is 37.9. The summed E-state index contributed by atoms with van der Waals surface area (Å²) < 4.78 is 68.1. The molecule has 2 unspecified atom stereocenters. The van der Waals surface area contributed by atoms with Crippen molar-refractivity contribution in [3.05, 3.63) is 42.7 Å². The molecule has 270 valence electrons. The summed E-state index contributed by atoms with van der Waals surface area (Å²) >= 11 is 0.436. The van der Waals surface area contributed by atoms with Crippen LogP contribution >= 0.6 is 35.4 Å². The topological polar surface area (TPSA) is 368 Å². The monoisotopic (exact) mass is 775 g/mol. The van der Waals surface area contributed by atoms with E-state index >= 15 is 0 Å². The fourth-order valence-electron chi connectivity index (χ4n) is 4.87. The molecule has 24 nitrogen and oxygen atoms in total. The lowest BCUT2D eigenvalue weighted by molar-refractivity contribution is -0.765. The number of anilines is 1. The van der Waals surface area contributed by atoms with E-state index in [0.29, 0.717) is 11.9 Å². The van der Waals surface area contributed by atoms with Crippen molar-refractivity contribution in [2.75, 3.05) is 18.9 Å². The van der Waals surface area contributed by atoms with Crippen LogP contribution in [-0.2, 0) is 41.1 Å². The highest BCUT2D eigenvalue weighted by Gasteiger charge is 2.51. The zero-order valence-electron chi connectivity index (χ0n) is 24.3. The summed E-state index contributed by atoms with van der Waals surface area (Å²) in [5, 5.41) is 36.4. The molecular weight excluding hydrogens is 747 g/mol. The van der Waals surface area contributed by atoms with Crippen molar-refractivity contribution in [1.29, 1.82) is 0 Å². The Labute approximate surface area is 278 Å². The van der Waals surface area contributed by atoms with Crippen LogP contribution in [0.4, 0.5) is 5.82 Å². The van der Waals surface area contributed by atoms with Crippen LogP contribution in [0.3, 0.4) is 0 Å². The van der Waals surface area contributed by atoms with Crippen molar-refractivity contribution < 1.29 is 85.3 Å². The number of fused-ring (bicyclic) bond motifs is 1. The van der Waals surface area contributed by atoms with E-state index < -0.39 is 90.9 Å². The SMILES string of the molecule is NSC(=O)c1ccc[n+]([C@@H]2O[C@H](COP(=O)([O-])OP(=O)(O)OC[C@H]3O[C@@H](n4cnc5c(N)ncnc54)[C@H](OP(=O)(O)O)[C@@H]3O)[C@@H](O)[C@H]2O)c1. The number of carbonyl (C=O) groups is 1. The fraction of sp³-hybridized carbons (Fsp3) is 0.476. The van der Waals surface area contributed by atoms with Gasteiger partial charge in [0.15, 0.2) is 36.2 Å². The second-order valence-corrected chi connectivity index (χ2v) is 15.1. The van der Waals surface area contributed by atoms with Crippen molar-refractivity contribution in [3.63, 3.8) is 0 Å². The maximum atomic E-state index is 12.5. The normalized spacial score (nSPS) is 30.0. The van der Waals surface area contributed by atoms with Crippen molar-refractivity contribution >= 4 is 57.5 Å². The number of imidazole rings is 1. The lowest BCUT2D eigenvalue weighted by atomic mass is 10.1. The zero-order chi connectivity index (χ0) is 35.9. The molecule has 5 heterocycles. The van der Waals surface area contributed by atoms with Gasteiger partial charge in [0, 0.05) is 6.07 Å². The number of nitrogens with two attached hydrogens (primary N) is 2. The van der Waals surface area contributed by atoms with Gasteiger partial charge in [-0.3, -0.25) is 28.1 Å². The molecule has 2 saturated heterocycles. The average molecular weight is 775 g/mol. The Morgan fingerprint density at radius 2 is 1.73 bits per heavy atom. The summed E-state index contributed by atoms with van der Waals surface area (Å²) in [6.45, 7) is -2.12. The Balaban J connectivity index is 1.21. The van der Waals surface area contributed by atoms with E-state index in [1.54, 1.807) is 0 Å². The molecule has 0 bridgehead atoms. The molecule has 0 aromatic carbocycles. The third-order valence-corrected chi connectivity index (χ3v) is 10.6. The summed E-state index contributed by atoms with van der Waals surface area (Å²) in [5.41, 5.74) is 5.93. The summed E-state index contributed by atoms with van der Waals surface area (Å²) in [7, 11) is -16.6. The third kappa shape index (κ3) is 8.76. The number of rotatable bonds is 13. The Morgan fingerprint density at radius 1 is 1.04 bits per heavy atom. The quantitative estimate of drug-likeness (QED) is 0.0491. The molecule has 2 fully saturated rings. The van der Waals surface area contributed by atoms with Crippen molar-refractivity contribution in [1.82, 2.24) is 19.5 Å². The van der Waals surface area contributed by atoms with Gasteiger partial charge in [-0.15, -0.1) is 0 Å². The minimum atomic E-state index is -5.73. The number of hydrogen-bond acceptors (Lipinski definition) is 20. The predicted molar refractivity (Wildman–Crippen MR) is 156 cm³/mol. The molecular formula is C21H28N7O17P3S. The van der Waals surface area contributed by atoms with Gasteiger partial charge in [0.1, 0.15) is 42.4 Å². The standard InChI is InChI=1S/C21H28N7O17P3S/c22-17-12-18(25-7-24-17)28(8-26-12)20-16(44-46(33,34)35)14(30)11(43-20)6-41-48(38,39)45-47(36,37)40-5-10-13(29)15(31)19(42-10)27-3-1-2-9(4-27)21(32)49-23/h1-4,7-8,10-11,13-16,19-20,29-31H,5-6,23H2,(H5-,22,24,25,33,34,35,36,37,38,39)/t10-,11-,13-,14-,15-,16-,19-,20-/m1/s1. The summed E-state index contributed by atoms with van der Waals surface area (Å²) in [5.74, 6) is -0.0637. The number of pyridine rings is 1. The van der Waals surface area contributed by atoms with Gasteiger partial charge in [-0.25, -0.2) is 28.4 Å². The number of phosphoric ester groups is 3. The number of aromatic nitrogens is 5. The number of hydrogen-bond donors (Lipinski definition) is 8. The first-order valence-electron chi connectivity index (χ1n) is 13.5. The van der Waals surface area contributed by atoms with Crippen molar-refractivity contribution in [2.45, 2.75) is 49.1 Å². The van der Waals surface area contributed by atoms with E-state index in [0.717, 1.165) is 17.2 Å². The second-order valence-electron chi connectivity index (χ2n) is 10.3. The minimum Gasteiger partial charge on any atom is -0.756 e. The molecule has 5 rings (SSSR count). The van der Waals surface area contributed by atoms with Crippen LogP contribution in [0, 0.1) is 0 Å². The van der Waals surface area contributed by atoms with E-state index in [9.17, 15) is 53.4 Å². The lowest BCUT2D eigenvalue weighted by Gasteiger charge is -2.26. The van der Waals surface area contributed by atoms with Crippen LogP contribution in [-0.4, -0.2) is 104 Å². The van der Waals surface area contributed by atoms with Gasteiger partial charge in [-0.05, 0) is 18.0 Å². The molecule has 10 atom stereocenters. The van der Waals surface area contributed by atoms with Gasteiger partial charge >= 0.3 is 15.6 Å². The van der Waals surface area contributed by atoms with Crippen molar-refractivity contribution in [3.8, 4) is 0 Å². The highest BCUT2D eigenvalue weighted by Crippen LogP contribution is 2.58. The van der Waals surface area contributed by atoms with Crippen LogP contribution in [0.25, 0.3) is 11.2 Å². The van der Waals surface area contributed by atoms with E-state index in [4.69, 9.17) is 20.3 Å². The van der Waals surface area contributed by atoms with Crippen LogP contribution in [0.5, 0.6) is 0 Å². The lowest BCUT2D eigenvalue weighted by Crippen LogP contribution is -2.46. The van der Waals surface area contributed by atoms with Crippen molar-refractivity contribution in [2.24, 2.45) is 5.14 Å². The molecule has 2 aliphatic rings. The largest absolute Gasteiger partial charge is 0.756 e. The number of aliphatic hydroxyl groups is 3. The number of nitrogens with zero attached hydrogens (tertiary/aromatic N) is 5. The molecule has 49 heavy (non-hydrogen) atoms. The fourth-order valence-corrected chi connectivity index (χ4v) is 7.72. The summed E-state index contributed by atoms with van der Waals surface area (Å²) in [6, 6.07) is 2.86. The number of phosphoric acid groups is 3. The van der Waals surface area contributed by atoms with Gasteiger partial charge in [0.25, 0.3) is 14.1 Å².